The Bertz CT molecular complexity index is 632. The molecule has 3 unspecified atom stereocenters. The van der Waals surface area contributed by atoms with Gasteiger partial charge >= 0.3 is 5.97 Å². The average Bonchev–Trinajstić information content (AvgIpc) is 2.73. The van der Waals surface area contributed by atoms with Crippen molar-refractivity contribution in [3.63, 3.8) is 0 Å². The first-order chi connectivity index (χ1) is 11.3. The van der Waals surface area contributed by atoms with Crippen molar-refractivity contribution in [3.8, 4) is 0 Å². The summed E-state index contributed by atoms with van der Waals surface area (Å²) in [6, 6.07) is 9.44. The molecule has 6 heteroatoms. The molecule has 2 heterocycles. The summed E-state index contributed by atoms with van der Waals surface area (Å²) < 4.78 is 5.25. The summed E-state index contributed by atoms with van der Waals surface area (Å²) in [6.07, 6.45) is 0.245. The van der Waals surface area contributed by atoms with Crippen molar-refractivity contribution in [2.24, 2.45) is 0 Å². The first kappa shape index (κ1) is 17.3. The highest BCUT2D eigenvalue weighted by Gasteiger charge is 2.62. The van der Waals surface area contributed by atoms with Gasteiger partial charge in [0.25, 0.3) is 0 Å². The maximum Gasteiger partial charge on any atom is 0.308 e. The zero-order chi connectivity index (χ0) is 17.5. The first-order valence-corrected chi connectivity index (χ1v) is 9.05. The molecule has 0 radical (unpaired) electrons. The van der Waals surface area contributed by atoms with E-state index in [1.54, 1.807) is 11.8 Å². The minimum absolute atomic E-state index is 0.0837. The van der Waals surface area contributed by atoms with Gasteiger partial charge in [0.15, 0.2) is 0 Å². The third-order valence-corrected chi connectivity index (χ3v) is 6.38. The van der Waals surface area contributed by atoms with Crippen LogP contribution in [-0.2, 0) is 20.9 Å². The van der Waals surface area contributed by atoms with E-state index < -0.39 is 0 Å². The number of benzene rings is 1. The lowest BCUT2D eigenvalue weighted by Crippen LogP contribution is -2.68. The van der Waals surface area contributed by atoms with Gasteiger partial charge in [-0.05, 0) is 33.5 Å². The molecule has 2 aliphatic heterocycles. The Morgan fingerprint density at radius 1 is 1.29 bits per heavy atom. The quantitative estimate of drug-likeness (QED) is 0.603. The summed E-state index contributed by atoms with van der Waals surface area (Å²) in [5.41, 5.74) is 0.969. The summed E-state index contributed by atoms with van der Waals surface area (Å²) in [5.74, 6) is -0.136. The van der Waals surface area contributed by atoms with E-state index in [0.717, 1.165) is 5.56 Å². The van der Waals surface area contributed by atoms with Gasteiger partial charge in [0.1, 0.15) is 18.0 Å². The van der Waals surface area contributed by atoms with Crippen molar-refractivity contribution in [1.29, 1.82) is 0 Å². The number of fused-ring (bicyclic) bond motifs is 1. The fourth-order valence-electron chi connectivity index (χ4n) is 3.42. The third-order valence-electron chi connectivity index (χ3n) is 4.77. The second kappa shape index (κ2) is 6.41. The second-order valence-corrected chi connectivity index (χ2v) is 8.90. The topological polar surface area (TPSA) is 49.9 Å². The Kier molecular flexibility index (Phi) is 4.62. The zero-order valence-electron chi connectivity index (χ0n) is 14.6. The van der Waals surface area contributed by atoms with E-state index in [1.807, 2.05) is 54.2 Å². The highest BCUT2D eigenvalue weighted by Crippen LogP contribution is 2.52. The Hall–Kier alpha value is -1.53. The Morgan fingerprint density at radius 3 is 2.58 bits per heavy atom. The minimum Gasteiger partial charge on any atom is -0.461 e. The molecule has 3 atom stereocenters. The molecule has 130 valence electrons. The van der Waals surface area contributed by atoms with E-state index in [0.29, 0.717) is 0 Å². The van der Waals surface area contributed by atoms with Crippen molar-refractivity contribution in [1.82, 2.24) is 9.80 Å². The molecule has 0 aliphatic carbocycles. The Labute approximate surface area is 147 Å². The molecular weight excluding hydrogens is 324 g/mol. The van der Waals surface area contributed by atoms with E-state index in [-0.39, 0.29) is 47.1 Å². The first-order valence-electron chi connectivity index (χ1n) is 8.17. The van der Waals surface area contributed by atoms with Crippen LogP contribution in [0, 0.1) is 0 Å². The van der Waals surface area contributed by atoms with E-state index in [1.165, 1.54) is 0 Å². The monoisotopic (exact) mass is 348 g/mol. The van der Waals surface area contributed by atoms with Gasteiger partial charge in [-0.25, -0.2) is 0 Å². The molecule has 1 aromatic carbocycles. The van der Waals surface area contributed by atoms with Gasteiger partial charge < -0.3 is 9.64 Å². The number of esters is 1. The van der Waals surface area contributed by atoms with Crippen LogP contribution >= 0.6 is 11.8 Å². The average molecular weight is 348 g/mol. The Balaban J connectivity index is 1.62. The highest BCUT2D eigenvalue weighted by molar-refractivity contribution is 8.01. The van der Waals surface area contributed by atoms with E-state index in [9.17, 15) is 9.59 Å². The van der Waals surface area contributed by atoms with Crippen LogP contribution < -0.4 is 0 Å². The molecule has 2 aliphatic rings. The van der Waals surface area contributed by atoms with E-state index in [4.69, 9.17) is 4.74 Å². The van der Waals surface area contributed by atoms with E-state index in [2.05, 4.69) is 13.8 Å². The lowest BCUT2D eigenvalue weighted by molar-refractivity contribution is -0.157. The number of hydrogen-bond acceptors (Lipinski definition) is 5. The molecule has 0 N–H and O–H groups in total. The molecule has 1 amide bonds. The van der Waals surface area contributed by atoms with Crippen LogP contribution in [0.1, 0.15) is 25.8 Å². The summed E-state index contributed by atoms with van der Waals surface area (Å²) in [4.78, 5) is 28.6. The van der Waals surface area contributed by atoms with Crippen molar-refractivity contribution < 1.29 is 14.3 Å². The maximum absolute atomic E-state index is 12.5. The minimum atomic E-state index is -0.251. The summed E-state index contributed by atoms with van der Waals surface area (Å²) in [7, 11) is 3.85. The lowest BCUT2D eigenvalue weighted by atomic mass is 9.93. The van der Waals surface area contributed by atoms with Crippen molar-refractivity contribution in [2.75, 3.05) is 14.1 Å². The largest absolute Gasteiger partial charge is 0.461 e. The van der Waals surface area contributed by atoms with Gasteiger partial charge in [-0.1, -0.05) is 30.3 Å². The molecule has 0 spiro atoms. The SMILES string of the molecule is CN(C)C1C(=O)N2C1SC(C)(C)C2CC(=O)OCc1ccccc1. The molecule has 0 bridgehead atoms. The predicted octanol–water partition coefficient (Wildman–Crippen LogP) is 2.11. The van der Waals surface area contributed by atoms with Gasteiger partial charge in [-0.2, -0.15) is 0 Å². The van der Waals surface area contributed by atoms with Gasteiger partial charge in [0.2, 0.25) is 5.91 Å². The second-order valence-electron chi connectivity index (χ2n) is 7.13. The Morgan fingerprint density at radius 2 is 1.96 bits per heavy atom. The number of β-lactam (4-membered cyclic amide) rings is 1. The molecule has 2 fully saturated rings. The molecule has 2 saturated heterocycles. The summed E-state index contributed by atoms with van der Waals surface area (Å²) in [6.45, 7) is 4.48. The molecule has 24 heavy (non-hydrogen) atoms. The normalized spacial score (nSPS) is 27.8. The fraction of sp³-hybridized carbons (Fsp3) is 0.556. The van der Waals surface area contributed by atoms with Crippen LogP contribution in [0.25, 0.3) is 0 Å². The van der Waals surface area contributed by atoms with Crippen LogP contribution in [0.15, 0.2) is 30.3 Å². The molecular formula is C18H24N2O3S. The molecule has 1 aromatic rings. The molecule has 5 nitrogen and oxygen atoms in total. The van der Waals surface area contributed by atoms with Gasteiger partial charge in [0.05, 0.1) is 12.5 Å². The standard InChI is InChI=1S/C18H24N2O3S/c1-18(2)13(20-16(22)15(19(3)4)17(20)24-18)10-14(21)23-11-12-8-6-5-7-9-12/h5-9,13,15,17H,10-11H2,1-4H3. The lowest BCUT2D eigenvalue weighted by Gasteiger charge is -2.47. The number of amides is 1. The smallest absolute Gasteiger partial charge is 0.308 e. The van der Waals surface area contributed by atoms with Crippen LogP contribution in [0.3, 0.4) is 0 Å². The van der Waals surface area contributed by atoms with Gasteiger partial charge in [0, 0.05) is 4.75 Å². The maximum atomic E-state index is 12.5. The van der Waals surface area contributed by atoms with Crippen LogP contribution in [0.2, 0.25) is 0 Å². The summed E-state index contributed by atoms with van der Waals surface area (Å²) in [5, 5.41) is 0.134. The van der Waals surface area contributed by atoms with Crippen LogP contribution in [0.4, 0.5) is 0 Å². The van der Waals surface area contributed by atoms with Gasteiger partial charge in [-0.3, -0.25) is 14.5 Å². The number of rotatable bonds is 5. The van der Waals surface area contributed by atoms with Gasteiger partial charge in [-0.15, -0.1) is 11.8 Å². The van der Waals surface area contributed by atoms with Crippen molar-refractivity contribution >= 4 is 23.6 Å². The highest BCUT2D eigenvalue weighted by atomic mass is 32.2. The van der Waals surface area contributed by atoms with Crippen LogP contribution in [-0.4, -0.2) is 58.0 Å². The van der Waals surface area contributed by atoms with E-state index >= 15 is 0 Å². The molecule has 0 aromatic heterocycles. The number of carbonyl (C=O) groups is 2. The number of ether oxygens (including phenoxy) is 1. The van der Waals surface area contributed by atoms with Crippen molar-refractivity contribution in [3.05, 3.63) is 35.9 Å². The molecule has 0 saturated carbocycles. The predicted molar refractivity (Wildman–Crippen MR) is 94.4 cm³/mol. The number of likely N-dealkylation sites (N-methyl/N-ethyl adjacent to an activating group) is 1. The summed E-state index contributed by atoms with van der Waals surface area (Å²) >= 11 is 1.78. The van der Waals surface area contributed by atoms with Crippen LogP contribution in [0.5, 0.6) is 0 Å². The number of thioether (sulfide) groups is 1. The number of hydrogen-bond donors (Lipinski definition) is 0. The van der Waals surface area contributed by atoms with Crippen molar-refractivity contribution in [2.45, 2.75) is 49.1 Å². The number of carbonyl (C=O) groups excluding carboxylic acids is 2. The third kappa shape index (κ3) is 3.05. The molecule has 3 rings (SSSR count). The zero-order valence-corrected chi connectivity index (χ0v) is 15.4. The fourth-order valence-corrected chi connectivity index (χ4v) is 5.25. The number of nitrogens with zero attached hydrogens (tertiary/aromatic N) is 2.